The van der Waals surface area contributed by atoms with Gasteiger partial charge in [0.1, 0.15) is 5.03 Å². The Balaban J connectivity index is 2.16. The van der Waals surface area contributed by atoms with Crippen molar-refractivity contribution in [3.63, 3.8) is 0 Å². The molecule has 2 aromatic heterocycles. The van der Waals surface area contributed by atoms with Crippen LogP contribution in [0, 0.1) is 0 Å². The molecule has 3 N–H and O–H groups in total. The minimum Gasteiger partial charge on any atom is -0.416 e. The molecule has 0 aromatic carbocycles. The van der Waals surface area contributed by atoms with E-state index in [-0.39, 0.29) is 29.3 Å². The summed E-state index contributed by atoms with van der Waals surface area (Å²) in [5, 5.41) is 16.5. The van der Waals surface area contributed by atoms with Gasteiger partial charge in [-0.15, -0.1) is 22.0 Å². The molecule has 1 atom stereocenters. The first-order valence-electron chi connectivity index (χ1n) is 8.07. The largest absolute Gasteiger partial charge is 0.426 e. The van der Waals surface area contributed by atoms with Crippen molar-refractivity contribution in [2.75, 3.05) is 11.5 Å². The Kier molecular flexibility index (Phi) is 5.25. The van der Waals surface area contributed by atoms with Crippen molar-refractivity contribution in [2.45, 2.75) is 48.7 Å². The van der Waals surface area contributed by atoms with E-state index in [4.69, 9.17) is 10.2 Å². The standard InChI is InChI=1S/C15H14F6N4O2S/c16-14(17,18)7-6-8(22)9-10-24-25-12(27-10)13(26,15(19,20)21)4-2-1-3-5-28-11(7)23-9/h6,26H,1-5,22H2. The van der Waals surface area contributed by atoms with E-state index in [0.717, 1.165) is 11.8 Å². The number of aromatic nitrogens is 3. The van der Waals surface area contributed by atoms with Gasteiger partial charge in [0.15, 0.2) is 5.69 Å². The van der Waals surface area contributed by atoms with E-state index in [2.05, 4.69) is 15.2 Å². The second kappa shape index (κ2) is 7.10. The first-order valence-corrected chi connectivity index (χ1v) is 9.06. The van der Waals surface area contributed by atoms with Gasteiger partial charge in [0.2, 0.25) is 5.60 Å². The molecule has 3 rings (SSSR count). The predicted molar refractivity (Wildman–Crippen MR) is 86.1 cm³/mol. The zero-order valence-corrected chi connectivity index (χ0v) is 14.9. The molecule has 0 spiro atoms. The fourth-order valence-electron chi connectivity index (χ4n) is 2.68. The van der Waals surface area contributed by atoms with Gasteiger partial charge in [-0.25, -0.2) is 4.98 Å². The Morgan fingerprint density at radius 1 is 1.11 bits per heavy atom. The number of hydrogen-bond acceptors (Lipinski definition) is 7. The zero-order valence-electron chi connectivity index (χ0n) is 14.1. The molecule has 0 fully saturated rings. The second-order valence-electron chi connectivity index (χ2n) is 6.21. The number of fused-ring (bicyclic) bond motifs is 5. The Labute approximate surface area is 158 Å². The fraction of sp³-hybridized carbons (Fsp3) is 0.533. The maximum absolute atomic E-state index is 13.4. The topological polar surface area (TPSA) is 98.1 Å². The third kappa shape index (κ3) is 3.77. The maximum Gasteiger partial charge on any atom is 0.426 e. The number of nitrogens with two attached hydrogens (primary N) is 1. The number of nitrogen functional groups attached to an aromatic ring is 1. The zero-order chi connectivity index (χ0) is 20.7. The molecular formula is C15H14F6N4O2S. The van der Waals surface area contributed by atoms with Crippen LogP contribution in [0.25, 0.3) is 11.6 Å². The summed E-state index contributed by atoms with van der Waals surface area (Å²) in [6.45, 7) is 0. The van der Waals surface area contributed by atoms with E-state index in [1.165, 1.54) is 0 Å². The van der Waals surface area contributed by atoms with Crippen molar-refractivity contribution in [3.05, 3.63) is 17.5 Å². The summed E-state index contributed by atoms with van der Waals surface area (Å²) >= 11 is 0.806. The van der Waals surface area contributed by atoms with Crippen LogP contribution in [0.1, 0.15) is 37.1 Å². The van der Waals surface area contributed by atoms with Crippen molar-refractivity contribution in [1.82, 2.24) is 15.2 Å². The van der Waals surface area contributed by atoms with Gasteiger partial charge >= 0.3 is 12.4 Å². The highest BCUT2D eigenvalue weighted by Gasteiger charge is 2.58. The molecular weight excluding hydrogens is 414 g/mol. The summed E-state index contributed by atoms with van der Waals surface area (Å²) < 4.78 is 85.1. The van der Waals surface area contributed by atoms with Crippen LogP contribution in [-0.2, 0) is 11.8 Å². The molecule has 0 radical (unpaired) electrons. The van der Waals surface area contributed by atoms with Gasteiger partial charge in [-0.3, -0.25) is 0 Å². The lowest BCUT2D eigenvalue weighted by atomic mass is 9.95. The first-order chi connectivity index (χ1) is 12.9. The van der Waals surface area contributed by atoms with Gasteiger partial charge in [-0.2, -0.15) is 26.3 Å². The molecule has 13 heteroatoms. The molecule has 1 unspecified atom stereocenters. The van der Waals surface area contributed by atoms with Crippen LogP contribution < -0.4 is 5.73 Å². The molecule has 0 amide bonds. The third-order valence-corrected chi connectivity index (χ3v) is 5.27. The van der Waals surface area contributed by atoms with Gasteiger partial charge in [0.05, 0.1) is 11.3 Å². The van der Waals surface area contributed by atoms with Crippen LogP contribution in [0.2, 0.25) is 0 Å². The Morgan fingerprint density at radius 2 is 1.82 bits per heavy atom. The number of pyridine rings is 1. The van der Waals surface area contributed by atoms with E-state index in [1.54, 1.807) is 0 Å². The Bertz CT molecular complexity index is 869. The number of thioether (sulfide) groups is 1. The average Bonchev–Trinajstić information content (AvgIpc) is 3.06. The highest BCUT2D eigenvalue weighted by molar-refractivity contribution is 7.99. The molecule has 0 saturated heterocycles. The highest BCUT2D eigenvalue weighted by Crippen LogP contribution is 2.44. The van der Waals surface area contributed by atoms with E-state index in [9.17, 15) is 31.4 Å². The molecule has 3 heterocycles. The van der Waals surface area contributed by atoms with Gasteiger partial charge in [-0.05, 0) is 31.1 Å². The number of aliphatic hydroxyl groups is 1. The molecule has 1 aliphatic rings. The molecule has 154 valence electrons. The van der Waals surface area contributed by atoms with E-state index in [0.29, 0.717) is 12.5 Å². The summed E-state index contributed by atoms with van der Waals surface area (Å²) in [6.07, 6.45) is -10.0. The lowest BCUT2D eigenvalue weighted by molar-refractivity contribution is -0.277. The minimum absolute atomic E-state index is 0.0481. The Morgan fingerprint density at radius 3 is 2.46 bits per heavy atom. The van der Waals surface area contributed by atoms with Crippen LogP contribution in [0.5, 0.6) is 0 Å². The first kappa shape index (κ1) is 20.7. The third-order valence-electron chi connectivity index (χ3n) is 4.19. The molecule has 0 aliphatic carbocycles. The molecule has 2 aromatic rings. The normalized spacial score (nSPS) is 21.5. The fourth-order valence-corrected chi connectivity index (χ4v) is 3.71. The lowest BCUT2D eigenvalue weighted by Crippen LogP contribution is -2.42. The molecule has 0 saturated carbocycles. The predicted octanol–water partition coefficient (Wildman–Crippen LogP) is 4.15. The SMILES string of the molecule is Nc1cc(C(F)(F)F)c2nc1-c1nnc(o1)C(O)(C(F)(F)F)CCCCCS2. The van der Waals surface area contributed by atoms with Crippen molar-refractivity contribution >= 4 is 17.4 Å². The van der Waals surface area contributed by atoms with Crippen molar-refractivity contribution < 1.29 is 35.9 Å². The van der Waals surface area contributed by atoms with Crippen LogP contribution in [-0.4, -0.2) is 32.2 Å². The molecule has 1 aliphatic heterocycles. The van der Waals surface area contributed by atoms with Crippen LogP contribution >= 0.6 is 11.8 Å². The summed E-state index contributed by atoms with van der Waals surface area (Å²) in [6, 6.07) is 0.629. The quantitative estimate of drug-likeness (QED) is 0.609. The van der Waals surface area contributed by atoms with E-state index < -0.39 is 47.4 Å². The van der Waals surface area contributed by atoms with E-state index >= 15 is 0 Å². The monoisotopic (exact) mass is 428 g/mol. The van der Waals surface area contributed by atoms with Gasteiger partial charge in [0.25, 0.3) is 11.8 Å². The smallest absolute Gasteiger partial charge is 0.416 e. The number of rotatable bonds is 0. The molecule has 4 bridgehead atoms. The number of hydrogen-bond donors (Lipinski definition) is 2. The van der Waals surface area contributed by atoms with Gasteiger partial charge in [0, 0.05) is 0 Å². The molecule has 28 heavy (non-hydrogen) atoms. The van der Waals surface area contributed by atoms with Crippen LogP contribution in [0.4, 0.5) is 32.0 Å². The van der Waals surface area contributed by atoms with Gasteiger partial charge < -0.3 is 15.3 Å². The van der Waals surface area contributed by atoms with E-state index in [1.807, 2.05) is 0 Å². The number of alkyl halides is 6. The summed E-state index contributed by atoms with van der Waals surface area (Å²) in [5.41, 5.74) is 0.319. The van der Waals surface area contributed by atoms with Crippen molar-refractivity contribution in [2.24, 2.45) is 0 Å². The summed E-state index contributed by atoms with van der Waals surface area (Å²) in [4.78, 5) is 3.82. The Hall–Kier alpha value is -2.02. The van der Waals surface area contributed by atoms with Gasteiger partial charge in [-0.1, -0.05) is 6.42 Å². The highest BCUT2D eigenvalue weighted by atomic mass is 32.2. The van der Waals surface area contributed by atoms with Crippen LogP contribution in [0.3, 0.4) is 0 Å². The summed E-state index contributed by atoms with van der Waals surface area (Å²) in [5.74, 6) is -1.52. The van der Waals surface area contributed by atoms with Crippen molar-refractivity contribution in [3.8, 4) is 11.6 Å². The number of anilines is 1. The molecule has 6 nitrogen and oxygen atoms in total. The average molecular weight is 428 g/mol. The number of halogens is 6. The maximum atomic E-state index is 13.4. The minimum atomic E-state index is -5.09. The lowest BCUT2D eigenvalue weighted by Gasteiger charge is -2.26. The second-order valence-corrected chi connectivity index (χ2v) is 7.29. The number of nitrogens with zero attached hydrogens (tertiary/aromatic N) is 3. The summed E-state index contributed by atoms with van der Waals surface area (Å²) in [7, 11) is 0. The van der Waals surface area contributed by atoms with Crippen molar-refractivity contribution in [1.29, 1.82) is 0 Å². The van der Waals surface area contributed by atoms with Crippen LogP contribution in [0.15, 0.2) is 15.5 Å².